The minimum absolute atomic E-state index is 0.0366. The van der Waals surface area contributed by atoms with E-state index < -0.39 is 0 Å². The largest absolute Gasteiger partial charge is 0.106 e. The summed E-state index contributed by atoms with van der Waals surface area (Å²) in [6.07, 6.45) is 3.65. The number of halogens is 2. The topological polar surface area (TPSA) is 0 Å². The second kappa shape index (κ2) is 3.15. The number of aryl methyl sites for hydroxylation is 1. The van der Waals surface area contributed by atoms with Gasteiger partial charge in [0, 0.05) is 0 Å². The molecule has 0 N–H and O–H groups in total. The van der Waals surface area contributed by atoms with Crippen molar-refractivity contribution in [2.45, 2.75) is 22.5 Å². The number of fused-ring (bicyclic) bond motifs is 1. The minimum atomic E-state index is 0.0366. The molecular formula is C10H10Br2. The van der Waals surface area contributed by atoms with Crippen molar-refractivity contribution in [1.29, 1.82) is 0 Å². The van der Waals surface area contributed by atoms with E-state index in [-0.39, 0.29) is 3.23 Å². The summed E-state index contributed by atoms with van der Waals surface area (Å²) in [6.45, 7) is 0. The van der Waals surface area contributed by atoms with Gasteiger partial charge in [-0.3, -0.25) is 0 Å². The van der Waals surface area contributed by atoms with Crippen LogP contribution in [0.4, 0.5) is 0 Å². The summed E-state index contributed by atoms with van der Waals surface area (Å²) >= 11 is 7.42. The number of benzene rings is 1. The van der Waals surface area contributed by atoms with Crippen LogP contribution in [0.15, 0.2) is 24.3 Å². The van der Waals surface area contributed by atoms with Crippen LogP contribution in [0.2, 0.25) is 0 Å². The van der Waals surface area contributed by atoms with Crippen molar-refractivity contribution < 1.29 is 0 Å². The van der Waals surface area contributed by atoms with Gasteiger partial charge in [-0.2, -0.15) is 0 Å². The molecule has 0 radical (unpaired) electrons. The maximum absolute atomic E-state index is 3.71. The normalized spacial score (nSPS) is 20.2. The molecule has 0 aliphatic heterocycles. The van der Waals surface area contributed by atoms with E-state index in [1.54, 1.807) is 0 Å². The smallest absolute Gasteiger partial charge is 0.0674 e. The van der Waals surface area contributed by atoms with Gasteiger partial charge in [-0.15, -0.1) is 0 Å². The van der Waals surface area contributed by atoms with Gasteiger partial charge >= 0.3 is 0 Å². The van der Waals surface area contributed by atoms with Crippen LogP contribution in [0, 0.1) is 0 Å². The molecule has 2 heteroatoms. The molecule has 0 aromatic heterocycles. The fraction of sp³-hybridized carbons (Fsp3) is 0.400. The van der Waals surface area contributed by atoms with E-state index in [1.165, 1.54) is 30.4 Å². The lowest BCUT2D eigenvalue weighted by molar-refractivity contribution is 0.656. The third kappa shape index (κ3) is 1.47. The number of rotatable bonds is 0. The molecule has 0 saturated heterocycles. The predicted molar refractivity (Wildman–Crippen MR) is 58.9 cm³/mol. The molecule has 1 aromatic rings. The Labute approximate surface area is 89.6 Å². The van der Waals surface area contributed by atoms with E-state index in [9.17, 15) is 0 Å². The van der Waals surface area contributed by atoms with Gasteiger partial charge in [-0.25, -0.2) is 0 Å². The molecule has 64 valence electrons. The number of hydrogen-bond acceptors (Lipinski definition) is 0. The maximum atomic E-state index is 3.71. The second-order valence-corrected chi connectivity index (χ2v) is 6.99. The molecule has 1 aromatic carbocycles. The molecule has 0 saturated carbocycles. The standard InChI is InChI=1S/C10H10Br2/c11-10(12)7-3-5-8-4-1-2-6-9(8)10/h1-2,4,6H,3,5,7H2. The zero-order valence-corrected chi connectivity index (χ0v) is 9.86. The summed E-state index contributed by atoms with van der Waals surface area (Å²) in [5.41, 5.74) is 2.87. The number of alkyl halides is 2. The van der Waals surface area contributed by atoms with Crippen molar-refractivity contribution in [3.8, 4) is 0 Å². The van der Waals surface area contributed by atoms with Crippen molar-refractivity contribution in [3.63, 3.8) is 0 Å². The van der Waals surface area contributed by atoms with E-state index in [2.05, 4.69) is 56.1 Å². The molecule has 0 nitrogen and oxygen atoms in total. The zero-order chi connectivity index (χ0) is 8.60. The lowest BCUT2D eigenvalue weighted by atomic mass is 9.92. The first-order valence-electron chi connectivity index (χ1n) is 4.16. The van der Waals surface area contributed by atoms with Crippen LogP contribution in [0.3, 0.4) is 0 Å². The Bertz CT molecular complexity index is 292. The summed E-state index contributed by atoms with van der Waals surface area (Å²) < 4.78 is 0.0366. The summed E-state index contributed by atoms with van der Waals surface area (Å²) in [4.78, 5) is 0. The zero-order valence-electron chi connectivity index (χ0n) is 6.69. The summed E-state index contributed by atoms with van der Waals surface area (Å²) in [5.74, 6) is 0. The Kier molecular flexibility index (Phi) is 2.30. The SMILES string of the molecule is BrC1(Br)CCCc2ccccc21. The van der Waals surface area contributed by atoms with E-state index in [1.807, 2.05) is 0 Å². The molecular weight excluding hydrogens is 280 g/mol. The molecule has 2 rings (SSSR count). The van der Waals surface area contributed by atoms with Gasteiger partial charge in [-0.1, -0.05) is 56.1 Å². The molecule has 0 spiro atoms. The first-order chi connectivity index (χ1) is 5.70. The van der Waals surface area contributed by atoms with Gasteiger partial charge in [0.25, 0.3) is 0 Å². The van der Waals surface area contributed by atoms with Crippen LogP contribution < -0.4 is 0 Å². The van der Waals surface area contributed by atoms with Crippen molar-refractivity contribution in [1.82, 2.24) is 0 Å². The van der Waals surface area contributed by atoms with Gasteiger partial charge in [0.1, 0.15) is 3.23 Å². The minimum Gasteiger partial charge on any atom is -0.0674 e. The van der Waals surface area contributed by atoms with Crippen molar-refractivity contribution in [2.75, 3.05) is 0 Å². The van der Waals surface area contributed by atoms with Gasteiger partial charge in [0.05, 0.1) is 0 Å². The van der Waals surface area contributed by atoms with E-state index in [0.29, 0.717) is 0 Å². The van der Waals surface area contributed by atoms with Crippen molar-refractivity contribution in [3.05, 3.63) is 35.4 Å². The lowest BCUT2D eigenvalue weighted by Gasteiger charge is -2.28. The van der Waals surface area contributed by atoms with Gasteiger partial charge in [0.15, 0.2) is 0 Å². The van der Waals surface area contributed by atoms with Crippen molar-refractivity contribution in [2.24, 2.45) is 0 Å². The second-order valence-electron chi connectivity index (χ2n) is 3.22. The third-order valence-electron chi connectivity index (χ3n) is 2.35. The van der Waals surface area contributed by atoms with Crippen LogP contribution in [-0.2, 0) is 9.65 Å². The highest BCUT2D eigenvalue weighted by Gasteiger charge is 2.30. The lowest BCUT2D eigenvalue weighted by Crippen LogP contribution is -2.17. The highest BCUT2D eigenvalue weighted by molar-refractivity contribution is 9.24. The van der Waals surface area contributed by atoms with E-state index >= 15 is 0 Å². The first-order valence-corrected chi connectivity index (χ1v) is 5.75. The fourth-order valence-electron chi connectivity index (χ4n) is 1.73. The summed E-state index contributed by atoms with van der Waals surface area (Å²) in [7, 11) is 0. The van der Waals surface area contributed by atoms with Crippen LogP contribution in [0.25, 0.3) is 0 Å². The summed E-state index contributed by atoms with van der Waals surface area (Å²) in [5, 5.41) is 0. The van der Waals surface area contributed by atoms with Gasteiger partial charge in [0.2, 0.25) is 0 Å². The molecule has 0 heterocycles. The van der Waals surface area contributed by atoms with Crippen LogP contribution in [-0.4, -0.2) is 0 Å². The molecule has 0 bridgehead atoms. The quantitative estimate of drug-likeness (QED) is 0.634. The predicted octanol–water partition coefficient (Wildman–Crippen LogP) is 3.97. The van der Waals surface area contributed by atoms with Crippen LogP contribution in [0.1, 0.15) is 24.0 Å². The highest BCUT2D eigenvalue weighted by atomic mass is 79.9. The Hall–Kier alpha value is 0.180. The molecule has 12 heavy (non-hydrogen) atoms. The average molecular weight is 290 g/mol. The van der Waals surface area contributed by atoms with Gasteiger partial charge < -0.3 is 0 Å². The van der Waals surface area contributed by atoms with Gasteiger partial charge in [-0.05, 0) is 30.4 Å². The highest BCUT2D eigenvalue weighted by Crippen LogP contribution is 2.47. The summed E-state index contributed by atoms with van der Waals surface area (Å²) in [6, 6.07) is 8.62. The molecule has 1 aliphatic carbocycles. The van der Waals surface area contributed by atoms with E-state index in [0.717, 1.165) is 0 Å². The average Bonchev–Trinajstić information content (AvgIpc) is 2.04. The molecule has 0 unspecified atom stereocenters. The maximum Gasteiger partial charge on any atom is 0.106 e. The molecule has 1 aliphatic rings. The first kappa shape index (κ1) is 8.76. The fourth-order valence-corrected chi connectivity index (χ4v) is 3.07. The Morgan fingerprint density at radius 3 is 2.67 bits per heavy atom. The Morgan fingerprint density at radius 1 is 1.17 bits per heavy atom. The monoisotopic (exact) mass is 288 g/mol. The molecule has 0 atom stereocenters. The van der Waals surface area contributed by atoms with Crippen LogP contribution >= 0.6 is 31.9 Å². The third-order valence-corrected chi connectivity index (χ3v) is 4.00. The Balaban J connectivity index is 2.52. The molecule has 0 fully saturated rings. The Morgan fingerprint density at radius 2 is 1.92 bits per heavy atom. The van der Waals surface area contributed by atoms with Crippen molar-refractivity contribution >= 4 is 31.9 Å². The van der Waals surface area contributed by atoms with Crippen LogP contribution in [0.5, 0.6) is 0 Å². The molecule has 0 amide bonds. The number of hydrogen-bond donors (Lipinski definition) is 0. The van der Waals surface area contributed by atoms with E-state index in [4.69, 9.17) is 0 Å².